The first-order valence-corrected chi connectivity index (χ1v) is 7.79. The minimum absolute atomic E-state index is 0.0561. The van der Waals surface area contributed by atoms with Crippen LogP contribution in [0.2, 0.25) is 0 Å². The highest BCUT2D eigenvalue weighted by atomic mass is 19.1. The molecule has 0 bridgehead atoms. The second-order valence-corrected chi connectivity index (χ2v) is 6.37. The highest BCUT2D eigenvalue weighted by Crippen LogP contribution is 2.54. The van der Waals surface area contributed by atoms with Crippen LogP contribution in [0.15, 0.2) is 36.4 Å². The lowest BCUT2D eigenvalue weighted by Gasteiger charge is -2.46. The number of halogens is 1. The third-order valence-electron chi connectivity index (χ3n) is 5.22. The first kappa shape index (κ1) is 13.2. The lowest BCUT2D eigenvalue weighted by molar-refractivity contribution is 0.173. The average molecular weight is 313 g/mol. The first-order valence-electron chi connectivity index (χ1n) is 7.79. The van der Waals surface area contributed by atoms with Gasteiger partial charge in [-0.3, -0.25) is 0 Å². The summed E-state index contributed by atoms with van der Waals surface area (Å²) in [6, 6.07) is 10.7. The summed E-state index contributed by atoms with van der Waals surface area (Å²) in [5, 5.41) is 3.42. The monoisotopic (exact) mass is 313 g/mol. The Morgan fingerprint density at radius 3 is 3.04 bits per heavy atom. The number of nitrogens with one attached hydrogen (secondary N) is 1. The Hall–Kier alpha value is -2.27. The smallest absolute Gasteiger partial charge is 0.231 e. The van der Waals surface area contributed by atoms with Gasteiger partial charge in [-0.25, -0.2) is 4.39 Å². The molecule has 0 aromatic heterocycles. The molecule has 1 fully saturated rings. The van der Waals surface area contributed by atoms with Crippen molar-refractivity contribution < 1.29 is 18.6 Å². The quantitative estimate of drug-likeness (QED) is 0.945. The van der Waals surface area contributed by atoms with Crippen molar-refractivity contribution in [3.63, 3.8) is 0 Å². The lowest BCUT2D eigenvalue weighted by atomic mass is 9.58. The summed E-state index contributed by atoms with van der Waals surface area (Å²) in [7, 11) is 0. The molecule has 0 spiro atoms. The highest BCUT2D eigenvalue weighted by molar-refractivity contribution is 5.53. The van der Waals surface area contributed by atoms with Crippen LogP contribution in [0, 0.1) is 5.82 Å². The second kappa shape index (κ2) is 4.61. The summed E-state index contributed by atoms with van der Waals surface area (Å²) < 4.78 is 30.2. The fraction of sp³-hybridized carbons (Fsp3) is 0.333. The number of benzene rings is 2. The maximum absolute atomic E-state index is 13.5. The number of hydrogen-bond donors (Lipinski definition) is 1. The normalized spacial score (nSPS) is 26.4. The zero-order valence-corrected chi connectivity index (χ0v) is 12.5. The molecular formula is C18H16FNO3. The van der Waals surface area contributed by atoms with E-state index >= 15 is 0 Å². The van der Waals surface area contributed by atoms with Gasteiger partial charge in [0.25, 0.3) is 0 Å². The number of ether oxygens (including phenoxy) is 3. The van der Waals surface area contributed by atoms with E-state index in [2.05, 4.69) is 5.32 Å². The van der Waals surface area contributed by atoms with Gasteiger partial charge in [0, 0.05) is 25.1 Å². The van der Waals surface area contributed by atoms with Crippen LogP contribution < -0.4 is 19.5 Å². The van der Waals surface area contributed by atoms with Gasteiger partial charge >= 0.3 is 0 Å². The molecule has 2 aliphatic heterocycles. The third kappa shape index (κ3) is 1.80. The van der Waals surface area contributed by atoms with Crippen molar-refractivity contribution in [2.24, 2.45) is 0 Å². The molecule has 1 saturated heterocycles. The Morgan fingerprint density at radius 2 is 2.09 bits per heavy atom. The zero-order chi connectivity index (χ0) is 15.4. The predicted molar refractivity (Wildman–Crippen MR) is 81.7 cm³/mol. The molecule has 3 aliphatic rings. The van der Waals surface area contributed by atoms with E-state index in [4.69, 9.17) is 14.2 Å². The van der Waals surface area contributed by atoms with Crippen molar-refractivity contribution in [1.82, 2.24) is 5.32 Å². The number of hydrogen-bond acceptors (Lipinski definition) is 4. The summed E-state index contributed by atoms with van der Waals surface area (Å²) in [5.74, 6) is 2.39. The van der Waals surface area contributed by atoms with E-state index in [-0.39, 0.29) is 18.0 Å². The minimum atomic E-state index is -0.166. The number of rotatable bonds is 3. The SMILES string of the molecule is Fc1ccc2c(c1)[C@H]1CNC[C@@]21COc1ccc2c(c1)OCO2. The largest absolute Gasteiger partial charge is 0.492 e. The van der Waals surface area contributed by atoms with Crippen LogP contribution in [0.5, 0.6) is 17.2 Å². The van der Waals surface area contributed by atoms with Crippen LogP contribution in [0.3, 0.4) is 0 Å². The van der Waals surface area contributed by atoms with Gasteiger partial charge in [-0.05, 0) is 35.4 Å². The van der Waals surface area contributed by atoms with E-state index in [0.29, 0.717) is 12.5 Å². The Morgan fingerprint density at radius 1 is 1.17 bits per heavy atom. The molecule has 0 saturated carbocycles. The molecule has 0 unspecified atom stereocenters. The minimum Gasteiger partial charge on any atom is -0.492 e. The summed E-state index contributed by atoms with van der Waals surface area (Å²) in [5.41, 5.74) is 2.26. The van der Waals surface area contributed by atoms with Gasteiger partial charge in [0.2, 0.25) is 6.79 Å². The zero-order valence-electron chi connectivity index (χ0n) is 12.5. The Labute approximate surface area is 133 Å². The highest BCUT2D eigenvalue weighted by Gasteiger charge is 2.55. The molecule has 5 heteroatoms. The fourth-order valence-electron chi connectivity index (χ4n) is 4.05. The molecule has 5 rings (SSSR count). The first-order chi connectivity index (χ1) is 11.3. The van der Waals surface area contributed by atoms with Gasteiger partial charge in [0.1, 0.15) is 11.6 Å². The van der Waals surface area contributed by atoms with Crippen molar-refractivity contribution in [2.75, 3.05) is 26.5 Å². The molecule has 2 heterocycles. The van der Waals surface area contributed by atoms with Gasteiger partial charge in [-0.15, -0.1) is 0 Å². The van der Waals surface area contributed by atoms with Crippen molar-refractivity contribution in [3.05, 3.63) is 53.3 Å². The van der Waals surface area contributed by atoms with Crippen LogP contribution in [0.25, 0.3) is 0 Å². The van der Waals surface area contributed by atoms with E-state index in [1.807, 2.05) is 24.3 Å². The second-order valence-electron chi connectivity index (χ2n) is 6.37. The molecule has 118 valence electrons. The van der Waals surface area contributed by atoms with Crippen LogP contribution in [0.4, 0.5) is 4.39 Å². The van der Waals surface area contributed by atoms with Gasteiger partial charge in [-0.2, -0.15) is 0 Å². The molecule has 1 N–H and O–H groups in total. The summed E-state index contributed by atoms with van der Waals surface area (Å²) in [6.45, 7) is 2.57. The van der Waals surface area contributed by atoms with Crippen molar-refractivity contribution in [2.45, 2.75) is 11.3 Å². The van der Waals surface area contributed by atoms with Crippen LogP contribution >= 0.6 is 0 Å². The molecule has 4 nitrogen and oxygen atoms in total. The fourth-order valence-corrected chi connectivity index (χ4v) is 4.05. The number of fused-ring (bicyclic) bond motifs is 5. The van der Waals surface area contributed by atoms with E-state index in [1.165, 1.54) is 11.6 Å². The third-order valence-corrected chi connectivity index (χ3v) is 5.22. The summed E-state index contributed by atoms with van der Waals surface area (Å²) >= 11 is 0. The molecular weight excluding hydrogens is 297 g/mol. The Kier molecular flexibility index (Phi) is 2.65. The molecule has 0 amide bonds. The van der Waals surface area contributed by atoms with Gasteiger partial charge in [-0.1, -0.05) is 6.07 Å². The molecule has 2 aromatic rings. The van der Waals surface area contributed by atoms with Crippen molar-refractivity contribution in [1.29, 1.82) is 0 Å². The standard InChI is InChI=1S/C18H16FNO3/c19-11-1-3-14-13(5-11)15-7-20-8-18(14,15)9-21-12-2-4-16-17(6-12)23-10-22-16/h1-6,15,20H,7-10H2/t15-,18-/m1/s1. The van der Waals surface area contributed by atoms with Gasteiger partial charge in [0.05, 0.1) is 12.0 Å². The molecule has 23 heavy (non-hydrogen) atoms. The predicted octanol–water partition coefficient (Wildman–Crippen LogP) is 2.57. The molecule has 2 aromatic carbocycles. The summed E-state index contributed by atoms with van der Waals surface area (Å²) in [4.78, 5) is 0. The van der Waals surface area contributed by atoms with E-state index in [9.17, 15) is 4.39 Å². The topological polar surface area (TPSA) is 39.7 Å². The Bertz CT molecular complexity index is 794. The molecule has 0 radical (unpaired) electrons. The maximum Gasteiger partial charge on any atom is 0.231 e. The van der Waals surface area contributed by atoms with E-state index < -0.39 is 0 Å². The van der Waals surface area contributed by atoms with Crippen molar-refractivity contribution >= 4 is 0 Å². The lowest BCUT2D eigenvalue weighted by Crippen LogP contribution is -2.48. The average Bonchev–Trinajstić information content (AvgIpc) is 3.16. The van der Waals surface area contributed by atoms with E-state index in [1.54, 1.807) is 6.07 Å². The van der Waals surface area contributed by atoms with Crippen LogP contribution in [-0.4, -0.2) is 26.5 Å². The van der Waals surface area contributed by atoms with Gasteiger partial charge in [0.15, 0.2) is 11.5 Å². The van der Waals surface area contributed by atoms with Crippen LogP contribution in [-0.2, 0) is 5.41 Å². The maximum atomic E-state index is 13.5. The Balaban J connectivity index is 1.41. The summed E-state index contributed by atoms with van der Waals surface area (Å²) in [6.07, 6.45) is 0. The molecule has 2 atom stereocenters. The van der Waals surface area contributed by atoms with E-state index in [0.717, 1.165) is 35.9 Å². The molecule has 1 aliphatic carbocycles. The van der Waals surface area contributed by atoms with Crippen molar-refractivity contribution in [3.8, 4) is 17.2 Å². The van der Waals surface area contributed by atoms with Gasteiger partial charge < -0.3 is 19.5 Å². The van der Waals surface area contributed by atoms with Crippen LogP contribution in [0.1, 0.15) is 17.0 Å².